The second-order valence-corrected chi connectivity index (χ2v) is 4.08. The van der Waals surface area contributed by atoms with Crippen molar-refractivity contribution in [3.05, 3.63) is 29.8 Å². The predicted octanol–water partition coefficient (Wildman–Crippen LogP) is 8.06. The molecule has 0 aliphatic heterocycles. The molecule has 1 aromatic carbocycles. The highest BCUT2D eigenvalue weighted by molar-refractivity contribution is 5.26. The molecule has 1 rings (SSSR count). The molecule has 0 aliphatic rings. The van der Waals surface area contributed by atoms with Gasteiger partial charge in [-0.15, -0.1) is 0 Å². The number of hydrogen-bond acceptors (Lipinski definition) is 1. The second kappa shape index (κ2) is 32.1. The summed E-state index contributed by atoms with van der Waals surface area (Å²) in [6.07, 6.45) is 4.91. The summed E-state index contributed by atoms with van der Waals surface area (Å²) >= 11 is 0. The van der Waals surface area contributed by atoms with E-state index in [9.17, 15) is 0 Å². The second-order valence-electron chi connectivity index (χ2n) is 4.08. The van der Waals surface area contributed by atoms with E-state index in [1.54, 1.807) is 0 Å². The van der Waals surface area contributed by atoms with Gasteiger partial charge in [-0.2, -0.15) is 0 Å². The molecular formula is C21H44O. The van der Waals surface area contributed by atoms with Crippen LogP contribution in [0, 0.1) is 6.92 Å². The van der Waals surface area contributed by atoms with Crippen LogP contribution in [0.5, 0.6) is 5.75 Å². The van der Waals surface area contributed by atoms with Crippen molar-refractivity contribution in [2.45, 2.75) is 94.9 Å². The van der Waals surface area contributed by atoms with Gasteiger partial charge in [-0.05, 0) is 25.5 Å². The Morgan fingerprint density at radius 2 is 1.14 bits per heavy atom. The number of unbranched alkanes of at least 4 members (excludes halogenated alkanes) is 2. The molecule has 0 bridgehead atoms. The topological polar surface area (TPSA) is 9.23 Å². The fourth-order valence-electron chi connectivity index (χ4n) is 1.18. The molecule has 0 N–H and O–H groups in total. The van der Waals surface area contributed by atoms with E-state index in [-0.39, 0.29) is 0 Å². The summed E-state index contributed by atoms with van der Waals surface area (Å²) in [7, 11) is 0. The molecule has 0 atom stereocenters. The predicted molar refractivity (Wildman–Crippen MR) is 106 cm³/mol. The van der Waals surface area contributed by atoms with Crippen molar-refractivity contribution in [2.75, 3.05) is 6.61 Å². The highest BCUT2D eigenvalue weighted by Gasteiger charge is 1.91. The van der Waals surface area contributed by atoms with Crippen LogP contribution in [0.2, 0.25) is 0 Å². The SMILES string of the molecule is CC.CC.CC.CCC.CCCCCOc1ccc(C)cc1. The Morgan fingerprint density at radius 3 is 1.50 bits per heavy atom. The van der Waals surface area contributed by atoms with Crippen molar-refractivity contribution in [3.8, 4) is 5.75 Å². The third kappa shape index (κ3) is 27.4. The van der Waals surface area contributed by atoms with Gasteiger partial charge in [0, 0.05) is 0 Å². The van der Waals surface area contributed by atoms with Crippen LogP contribution < -0.4 is 4.74 Å². The molecule has 0 aliphatic carbocycles. The maximum Gasteiger partial charge on any atom is 0.119 e. The zero-order chi connectivity index (χ0) is 18.2. The van der Waals surface area contributed by atoms with Crippen molar-refractivity contribution in [1.82, 2.24) is 0 Å². The minimum absolute atomic E-state index is 0.844. The molecule has 22 heavy (non-hydrogen) atoms. The lowest BCUT2D eigenvalue weighted by Gasteiger charge is -2.05. The molecule has 0 amide bonds. The van der Waals surface area contributed by atoms with Gasteiger partial charge in [0.2, 0.25) is 0 Å². The molecule has 1 aromatic rings. The minimum Gasteiger partial charge on any atom is -0.494 e. The van der Waals surface area contributed by atoms with E-state index in [1.165, 1.54) is 24.8 Å². The fraction of sp³-hybridized carbons (Fsp3) is 0.714. The van der Waals surface area contributed by atoms with Gasteiger partial charge in [-0.3, -0.25) is 0 Å². The lowest BCUT2D eigenvalue weighted by atomic mass is 10.2. The summed E-state index contributed by atoms with van der Waals surface area (Å²) in [6.45, 7) is 21.4. The van der Waals surface area contributed by atoms with E-state index in [0.717, 1.165) is 18.8 Å². The number of aryl methyl sites for hydroxylation is 1. The Labute approximate surface area is 142 Å². The average molecular weight is 313 g/mol. The first-order chi connectivity index (χ1) is 10.7. The molecule has 134 valence electrons. The van der Waals surface area contributed by atoms with E-state index in [4.69, 9.17) is 4.74 Å². The first-order valence-electron chi connectivity index (χ1n) is 9.44. The molecule has 0 saturated carbocycles. The molecule has 0 radical (unpaired) electrons. The zero-order valence-corrected chi connectivity index (χ0v) is 17.3. The summed E-state index contributed by atoms with van der Waals surface area (Å²) in [5.41, 5.74) is 1.28. The van der Waals surface area contributed by atoms with Crippen molar-refractivity contribution >= 4 is 0 Å². The Balaban J connectivity index is -0.000000153. The molecule has 0 heterocycles. The molecule has 0 unspecified atom stereocenters. The summed E-state index contributed by atoms with van der Waals surface area (Å²) < 4.78 is 5.56. The molecular weight excluding hydrogens is 268 g/mol. The van der Waals surface area contributed by atoms with Gasteiger partial charge in [0.05, 0.1) is 6.61 Å². The number of rotatable bonds is 5. The van der Waals surface area contributed by atoms with Gasteiger partial charge in [0.1, 0.15) is 5.75 Å². The molecule has 1 nitrogen and oxygen atoms in total. The average Bonchev–Trinajstić information content (AvgIpc) is 2.59. The Bertz CT molecular complexity index is 239. The van der Waals surface area contributed by atoms with E-state index in [2.05, 4.69) is 39.8 Å². The maximum absolute atomic E-state index is 5.56. The van der Waals surface area contributed by atoms with Crippen LogP contribution in [0.4, 0.5) is 0 Å². The zero-order valence-electron chi connectivity index (χ0n) is 17.3. The molecule has 0 spiro atoms. The highest BCUT2D eigenvalue weighted by atomic mass is 16.5. The number of ether oxygens (including phenoxy) is 1. The first-order valence-corrected chi connectivity index (χ1v) is 9.44. The van der Waals surface area contributed by atoms with Crippen LogP contribution in [0.1, 0.15) is 93.6 Å². The molecule has 0 fully saturated rings. The van der Waals surface area contributed by atoms with Gasteiger partial charge in [-0.25, -0.2) is 0 Å². The minimum atomic E-state index is 0.844. The Hall–Kier alpha value is -0.980. The smallest absolute Gasteiger partial charge is 0.119 e. The van der Waals surface area contributed by atoms with E-state index >= 15 is 0 Å². The van der Waals surface area contributed by atoms with Crippen molar-refractivity contribution in [1.29, 1.82) is 0 Å². The first kappa shape index (κ1) is 29.1. The standard InChI is InChI=1S/C12H18O.C3H8.3C2H6/c1-3-4-5-10-13-12-8-6-11(2)7-9-12;1-3-2;3*1-2/h6-9H,3-5,10H2,1-2H3;3H2,1-2H3;3*1-2H3. The van der Waals surface area contributed by atoms with Crippen LogP contribution in [-0.2, 0) is 0 Å². The van der Waals surface area contributed by atoms with Crippen LogP contribution in [-0.4, -0.2) is 6.61 Å². The summed E-state index contributed by atoms with van der Waals surface area (Å²) in [5, 5.41) is 0. The third-order valence-electron chi connectivity index (χ3n) is 2.04. The van der Waals surface area contributed by atoms with Gasteiger partial charge in [0.15, 0.2) is 0 Å². The highest BCUT2D eigenvalue weighted by Crippen LogP contribution is 2.11. The van der Waals surface area contributed by atoms with E-state index in [0.29, 0.717) is 0 Å². The lowest BCUT2D eigenvalue weighted by molar-refractivity contribution is 0.306. The number of benzene rings is 1. The normalized spacial score (nSPS) is 7.55. The van der Waals surface area contributed by atoms with Crippen LogP contribution >= 0.6 is 0 Å². The fourth-order valence-corrected chi connectivity index (χ4v) is 1.18. The van der Waals surface area contributed by atoms with Crippen molar-refractivity contribution in [2.24, 2.45) is 0 Å². The van der Waals surface area contributed by atoms with E-state index in [1.807, 2.05) is 53.7 Å². The lowest BCUT2D eigenvalue weighted by Crippen LogP contribution is -1.96. The van der Waals surface area contributed by atoms with Gasteiger partial charge >= 0.3 is 0 Å². The van der Waals surface area contributed by atoms with Gasteiger partial charge in [-0.1, -0.05) is 99.3 Å². The monoisotopic (exact) mass is 312 g/mol. The summed E-state index contributed by atoms with van der Waals surface area (Å²) in [5.74, 6) is 0.988. The maximum atomic E-state index is 5.56. The van der Waals surface area contributed by atoms with Crippen LogP contribution in [0.3, 0.4) is 0 Å². The molecule has 1 heteroatoms. The van der Waals surface area contributed by atoms with Crippen LogP contribution in [0.15, 0.2) is 24.3 Å². The molecule has 0 aromatic heterocycles. The van der Waals surface area contributed by atoms with Crippen LogP contribution in [0.25, 0.3) is 0 Å². The Morgan fingerprint density at radius 1 is 0.727 bits per heavy atom. The quantitative estimate of drug-likeness (QED) is 0.499. The van der Waals surface area contributed by atoms with Gasteiger partial charge in [0.25, 0.3) is 0 Å². The molecule has 0 saturated heterocycles. The van der Waals surface area contributed by atoms with Crippen molar-refractivity contribution < 1.29 is 4.74 Å². The number of hydrogen-bond donors (Lipinski definition) is 0. The summed E-state index contributed by atoms with van der Waals surface area (Å²) in [4.78, 5) is 0. The van der Waals surface area contributed by atoms with Crippen molar-refractivity contribution in [3.63, 3.8) is 0 Å². The van der Waals surface area contributed by atoms with E-state index < -0.39 is 0 Å². The Kier molecular flexibility index (Phi) is 42.4. The largest absolute Gasteiger partial charge is 0.494 e. The third-order valence-corrected chi connectivity index (χ3v) is 2.04. The summed E-state index contributed by atoms with van der Waals surface area (Å²) in [6, 6.07) is 8.22. The van der Waals surface area contributed by atoms with Gasteiger partial charge < -0.3 is 4.74 Å².